The molecule has 0 fully saturated rings. The Balaban J connectivity index is 3.07. The minimum absolute atomic E-state index is 0.517. The van der Waals surface area contributed by atoms with Crippen LogP contribution in [-0.2, 0) is 4.79 Å². The Morgan fingerprint density at radius 2 is 0.897 bits per heavy atom. The monoisotopic (exact) mass is 408 g/mol. The zero-order valence-corrected chi connectivity index (χ0v) is 20.2. The summed E-state index contributed by atoms with van der Waals surface area (Å²) in [6.45, 7) is 7.05. The molecule has 0 bridgehead atoms. The number of hydrogen-bond acceptors (Lipinski definition) is 1. The van der Waals surface area contributed by atoms with E-state index in [1.807, 2.05) is 0 Å². The number of rotatable bonds is 21. The topological polar surface area (TPSA) is 37.3 Å². The third-order valence-electron chi connectivity index (χ3n) is 5.81. The van der Waals surface area contributed by atoms with Gasteiger partial charge in [0.05, 0.1) is 0 Å². The van der Waals surface area contributed by atoms with Crippen LogP contribution in [0, 0.1) is 5.41 Å². The van der Waals surface area contributed by atoms with Gasteiger partial charge < -0.3 is 5.11 Å². The van der Waals surface area contributed by atoms with E-state index in [0.717, 1.165) is 12.8 Å². The average Bonchev–Trinajstić information content (AvgIpc) is 2.64. The fourth-order valence-corrected chi connectivity index (χ4v) is 3.93. The normalized spacial score (nSPS) is 12.1. The second-order valence-corrected chi connectivity index (χ2v) is 10.2. The van der Waals surface area contributed by atoms with E-state index in [1.165, 1.54) is 122 Å². The predicted octanol–water partition coefficient (Wildman–Crippen LogP) is 9.48. The van der Waals surface area contributed by atoms with Crippen molar-refractivity contribution in [2.45, 2.75) is 149 Å². The van der Waals surface area contributed by atoms with Crippen LogP contribution in [0.5, 0.6) is 0 Å². The first-order chi connectivity index (χ1) is 13.9. The minimum atomic E-state index is -0.831. The standard InChI is InChI=1S/C27H52O2/c1-27(2,3)25-23-21-19-17-15-13-11-9-7-5-4-6-8-10-12-14-16-18-20-22-24-26(28)29/h22,24H,4-21,23,25H2,1-3H3,(H,28,29). The van der Waals surface area contributed by atoms with Crippen molar-refractivity contribution in [3.05, 3.63) is 12.2 Å². The maximum atomic E-state index is 10.3. The third-order valence-corrected chi connectivity index (χ3v) is 5.81. The number of carboxylic acids is 1. The van der Waals surface area contributed by atoms with E-state index in [4.69, 9.17) is 5.11 Å². The molecule has 29 heavy (non-hydrogen) atoms. The molecule has 0 aromatic rings. The van der Waals surface area contributed by atoms with E-state index in [0.29, 0.717) is 5.41 Å². The Morgan fingerprint density at radius 1 is 0.586 bits per heavy atom. The van der Waals surface area contributed by atoms with Gasteiger partial charge in [-0.15, -0.1) is 0 Å². The Bertz CT molecular complexity index is 378. The molecule has 0 amide bonds. The molecule has 0 radical (unpaired) electrons. The molecule has 0 heterocycles. The van der Waals surface area contributed by atoms with Crippen LogP contribution in [0.3, 0.4) is 0 Å². The number of unbranched alkanes of at least 4 members (excludes halogenated alkanes) is 18. The number of carbonyl (C=O) groups is 1. The first-order valence-electron chi connectivity index (χ1n) is 12.8. The van der Waals surface area contributed by atoms with Crippen LogP contribution < -0.4 is 0 Å². The van der Waals surface area contributed by atoms with Gasteiger partial charge in [-0.25, -0.2) is 4.79 Å². The first-order valence-corrected chi connectivity index (χ1v) is 12.8. The zero-order valence-electron chi connectivity index (χ0n) is 20.2. The molecule has 0 unspecified atom stereocenters. The second kappa shape index (κ2) is 20.5. The van der Waals surface area contributed by atoms with Crippen LogP contribution in [0.25, 0.3) is 0 Å². The van der Waals surface area contributed by atoms with E-state index in [-0.39, 0.29) is 0 Å². The smallest absolute Gasteiger partial charge is 0.327 e. The molecular weight excluding hydrogens is 356 g/mol. The summed E-state index contributed by atoms with van der Waals surface area (Å²) in [7, 11) is 0. The van der Waals surface area contributed by atoms with E-state index in [2.05, 4.69) is 20.8 Å². The molecule has 0 aliphatic carbocycles. The van der Waals surface area contributed by atoms with Crippen LogP contribution in [0.1, 0.15) is 149 Å². The van der Waals surface area contributed by atoms with Gasteiger partial charge in [-0.2, -0.15) is 0 Å². The van der Waals surface area contributed by atoms with Crippen molar-refractivity contribution >= 4 is 5.97 Å². The van der Waals surface area contributed by atoms with E-state index in [9.17, 15) is 4.79 Å². The van der Waals surface area contributed by atoms with E-state index in [1.54, 1.807) is 6.08 Å². The lowest BCUT2D eigenvalue weighted by molar-refractivity contribution is -0.131. The van der Waals surface area contributed by atoms with E-state index >= 15 is 0 Å². The molecule has 0 atom stereocenters. The lowest BCUT2D eigenvalue weighted by atomic mass is 9.89. The zero-order chi connectivity index (χ0) is 21.6. The molecule has 0 saturated carbocycles. The first kappa shape index (κ1) is 28.2. The fourth-order valence-electron chi connectivity index (χ4n) is 3.93. The van der Waals surface area contributed by atoms with Crippen LogP contribution >= 0.6 is 0 Å². The van der Waals surface area contributed by atoms with Crippen molar-refractivity contribution in [2.75, 3.05) is 0 Å². The van der Waals surface area contributed by atoms with Gasteiger partial charge in [0.2, 0.25) is 0 Å². The average molecular weight is 409 g/mol. The van der Waals surface area contributed by atoms with Gasteiger partial charge in [0.1, 0.15) is 0 Å². The quantitative estimate of drug-likeness (QED) is 0.152. The lowest BCUT2D eigenvalue weighted by Gasteiger charge is -2.17. The SMILES string of the molecule is CC(C)(C)CCCCCCCCCCCCCCCCCCCCC=CC(=O)O. The Hall–Kier alpha value is -0.790. The molecule has 0 rings (SSSR count). The van der Waals surface area contributed by atoms with Crippen molar-refractivity contribution in [1.82, 2.24) is 0 Å². The third kappa shape index (κ3) is 27.2. The summed E-state index contributed by atoms with van der Waals surface area (Å²) in [5.41, 5.74) is 0.517. The van der Waals surface area contributed by atoms with Gasteiger partial charge >= 0.3 is 5.97 Å². The van der Waals surface area contributed by atoms with Crippen molar-refractivity contribution in [3.63, 3.8) is 0 Å². The summed E-state index contributed by atoms with van der Waals surface area (Å²) < 4.78 is 0. The highest BCUT2D eigenvalue weighted by molar-refractivity contribution is 5.79. The maximum absolute atomic E-state index is 10.3. The van der Waals surface area contributed by atoms with Gasteiger partial charge in [0.25, 0.3) is 0 Å². The lowest BCUT2D eigenvalue weighted by Crippen LogP contribution is -2.03. The highest BCUT2D eigenvalue weighted by atomic mass is 16.4. The highest BCUT2D eigenvalue weighted by Crippen LogP contribution is 2.22. The molecule has 2 nitrogen and oxygen atoms in total. The maximum Gasteiger partial charge on any atom is 0.327 e. The molecule has 0 saturated heterocycles. The van der Waals surface area contributed by atoms with Gasteiger partial charge in [0, 0.05) is 6.08 Å². The largest absolute Gasteiger partial charge is 0.478 e. The summed E-state index contributed by atoms with van der Waals surface area (Å²) in [5, 5.41) is 8.50. The molecule has 2 heteroatoms. The van der Waals surface area contributed by atoms with Crippen molar-refractivity contribution in [1.29, 1.82) is 0 Å². The number of aliphatic carboxylic acids is 1. The number of carboxylic acid groups (broad SMARTS) is 1. The Morgan fingerprint density at radius 3 is 1.21 bits per heavy atom. The number of hydrogen-bond donors (Lipinski definition) is 1. The van der Waals surface area contributed by atoms with Gasteiger partial charge in [0.15, 0.2) is 0 Å². The molecule has 1 N–H and O–H groups in total. The highest BCUT2D eigenvalue weighted by Gasteiger charge is 2.08. The predicted molar refractivity (Wildman–Crippen MR) is 129 cm³/mol. The minimum Gasteiger partial charge on any atom is -0.478 e. The molecule has 0 aromatic carbocycles. The molecule has 0 spiro atoms. The molecule has 172 valence electrons. The fraction of sp³-hybridized carbons (Fsp3) is 0.889. The Kier molecular flexibility index (Phi) is 19.9. The van der Waals surface area contributed by atoms with Crippen LogP contribution in [0.2, 0.25) is 0 Å². The summed E-state index contributed by atoms with van der Waals surface area (Å²) in [5.74, 6) is -0.831. The van der Waals surface area contributed by atoms with Crippen LogP contribution in [0.15, 0.2) is 12.2 Å². The summed E-state index contributed by atoms with van der Waals surface area (Å²) >= 11 is 0. The molecule has 0 aromatic heterocycles. The van der Waals surface area contributed by atoms with Crippen LogP contribution in [-0.4, -0.2) is 11.1 Å². The second-order valence-electron chi connectivity index (χ2n) is 10.2. The van der Waals surface area contributed by atoms with Crippen LogP contribution in [0.4, 0.5) is 0 Å². The van der Waals surface area contributed by atoms with Crippen molar-refractivity contribution < 1.29 is 9.90 Å². The van der Waals surface area contributed by atoms with Gasteiger partial charge in [-0.05, 0) is 24.7 Å². The molecule has 0 aliphatic rings. The molecular formula is C27H52O2. The van der Waals surface area contributed by atoms with Crippen molar-refractivity contribution in [2.24, 2.45) is 5.41 Å². The summed E-state index contributed by atoms with van der Waals surface area (Å²) in [6, 6.07) is 0. The van der Waals surface area contributed by atoms with Gasteiger partial charge in [-0.3, -0.25) is 0 Å². The van der Waals surface area contributed by atoms with E-state index < -0.39 is 5.97 Å². The molecule has 0 aliphatic heterocycles. The van der Waals surface area contributed by atoms with Gasteiger partial charge in [-0.1, -0.05) is 136 Å². The van der Waals surface area contributed by atoms with Crippen molar-refractivity contribution in [3.8, 4) is 0 Å². The number of allylic oxidation sites excluding steroid dienone is 1. The summed E-state index contributed by atoms with van der Waals surface area (Å²) in [4.78, 5) is 10.3. The Labute approximate surface area is 182 Å². The summed E-state index contributed by atoms with van der Waals surface area (Å²) in [6.07, 6.45) is 30.3.